The minimum Gasteiger partial charge on any atom is -0.0830 e. The monoisotopic (exact) mass is 696 g/mol. The quantitative estimate of drug-likeness (QED) is 0.109. The highest BCUT2D eigenvalue weighted by molar-refractivity contribution is 6.61. The molecule has 0 saturated heterocycles. The summed E-state index contributed by atoms with van der Waals surface area (Å²) >= 11 is 0. The summed E-state index contributed by atoms with van der Waals surface area (Å²) in [6.07, 6.45) is 8.54. The molecular weight excluding hydrogens is 673 g/mol. The van der Waals surface area contributed by atoms with E-state index in [0.29, 0.717) is 5.92 Å². The second kappa shape index (κ2) is 7.74. The van der Waals surface area contributed by atoms with E-state index in [1.165, 1.54) is 172 Å². The van der Waals surface area contributed by atoms with Crippen LogP contribution in [0.25, 0.3) is 174 Å². The molecule has 0 aromatic heterocycles. The Hall–Kier alpha value is -7.02. The molecule has 0 bridgehead atoms. The summed E-state index contributed by atoms with van der Waals surface area (Å²) in [7, 11) is 0. The third kappa shape index (κ3) is 2.27. The third-order valence-corrected chi connectivity index (χ3v) is 15.6. The Balaban J connectivity index is 1.29. The third-order valence-electron chi connectivity index (χ3n) is 15.6. The summed E-state index contributed by atoms with van der Waals surface area (Å²) in [5.74, 6) is 0.402. The first-order valence-electron chi connectivity index (χ1n) is 20.3. The number of fused-ring (bicyclic) bond motifs is 6. The van der Waals surface area contributed by atoms with Gasteiger partial charge in [0.15, 0.2) is 0 Å². The van der Waals surface area contributed by atoms with Crippen LogP contribution in [0.2, 0.25) is 0 Å². The first-order valence-corrected chi connectivity index (χ1v) is 20.3. The lowest BCUT2D eigenvalue weighted by molar-refractivity contribution is 0.902. The van der Waals surface area contributed by atoms with Gasteiger partial charge in [-0.3, -0.25) is 0 Å². The fourth-order valence-corrected chi connectivity index (χ4v) is 14.0. The van der Waals surface area contributed by atoms with Crippen LogP contribution in [0.15, 0.2) is 115 Å². The maximum Gasteiger partial charge on any atom is 0.00743 e. The zero-order valence-corrected chi connectivity index (χ0v) is 29.9. The fraction of sp³-hybridized carbons (Fsp3) is 0.0357. The molecule has 0 radical (unpaired) electrons. The molecule has 0 heterocycles. The lowest BCUT2D eigenvalue weighted by Gasteiger charge is -2.32. The molecule has 18 rings (SSSR count). The van der Waals surface area contributed by atoms with Crippen molar-refractivity contribution in [1.82, 2.24) is 0 Å². The molecule has 16 aromatic carbocycles. The number of allylic oxidation sites excluding steroid dienone is 1. The van der Waals surface area contributed by atoms with Crippen molar-refractivity contribution in [3.63, 3.8) is 0 Å². The van der Waals surface area contributed by atoms with Crippen molar-refractivity contribution in [2.24, 2.45) is 0 Å². The maximum absolute atomic E-state index is 2.57. The van der Waals surface area contributed by atoms with Gasteiger partial charge in [-0.2, -0.15) is 0 Å². The topological polar surface area (TPSA) is 0 Å². The molecular formula is C56H24. The highest BCUT2D eigenvalue weighted by Gasteiger charge is 2.34. The van der Waals surface area contributed by atoms with E-state index in [4.69, 9.17) is 0 Å². The van der Waals surface area contributed by atoms with Crippen molar-refractivity contribution in [2.75, 3.05) is 0 Å². The summed E-state index contributed by atoms with van der Waals surface area (Å²) in [5.41, 5.74) is 3.00. The maximum atomic E-state index is 2.57. The Labute approximate surface area is 316 Å². The van der Waals surface area contributed by atoms with E-state index in [0.717, 1.165) is 6.42 Å². The zero-order valence-electron chi connectivity index (χ0n) is 29.9. The van der Waals surface area contributed by atoms with Crippen LogP contribution < -0.4 is 5.22 Å². The van der Waals surface area contributed by atoms with Crippen LogP contribution in [0.5, 0.6) is 0 Å². The second-order valence-electron chi connectivity index (χ2n) is 17.6. The lowest BCUT2D eigenvalue weighted by Crippen LogP contribution is -2.16. The Morgan fingerprint density at radius 1 is 0.321 bits per heavy atom. The minimum atomic E-state index is 0.402. The standard InChI is InChI=1S/C56H24/c1-5-23-21-24-6-2-10-28-32-14-19-37-38-20-16-34-30-12-4-8-26-22-25-7-3-11-29-33-15-18-36-35-17-13-31-27(9-1)39(23)51(40(24)28)53-43(31)47(35)55(48(37)44(32)53)56-49(36)45(33)54(46(34)50(38)56)52(41(25)29)42(26)30/h1-7,9-22,26H,8H2. The smallest absolute Gasteiger partial charge is 0.00743 e. The van der Waals surface area contributed by atoms with Crippen molar-refractivity contribution in [3.05, 3.63) is 132 Å². The van der Waals surface area contributed by atoms with E-state index in [1.54, 1.807) is 5.56 Å². The molecule has 0 N–H and O–H groups in total. The van der Waals surface area contributed by atoms with E-state index in [9.17, 15) is 0 Å². The van der Waals surface area contributed by atoms with Crippen molar-refractivity contribution in [1.29, 1.82) is 0 Å². The summed E-state index contributed by atoms with van der Waals surface area (Å²) in [6.45, 7) is 0. The molecule has 2 aliphatic carbocycles. The summed E-state index contributed by atoms with van der Waals surface area (Å²) in [4.78, 5) is 0. The molecule has 0 heteroatoms. The summed E-state index contributed by atoms with van der Waals surface area (Å²) in [6, 6.07) is 43.5. The van der Waals surface area contributed by atoms with Gasteiger partial charge in [0.1, 0.15) is 0 Å². The minimum absolute atomic E-state index is 0.402. The van der Waals surface area contributed by atoms with Crippen LogP contribution in [-0.2, 0) is 0 Å². The number of benzene rings is 16. The molecule has 1 unspecified atom stereocenters. The lowest BCUT2D eigenvalue weighted by atomic mass is 9.70. The van der Waals surface area contributed by atoms with Crippen LogP contribution in [0.3, 0.4) is 0 Å². The van der Waals surface area contributed by atoms with E-state index in [1.807, 2.05) is 0 Å². The van der Waals surface area contributed by atoms with Gasteiger partial charge < -0.3 is 0 Å². The summed E-state index contributed by atoms with van der Waals surface area (Å²) < 4.78 is 0. The second-order valence-corrected chi connectivity index (χ2v) is 17.6. The van der Waals surface area contributed by atoms with Crippen LogP contribution >= 0.6 is 0 Å². The van der Waals surface area contributed by atoms with Crippen molar-refractivity contribution < 1.29 is 0 Å². The Bertz CT molecular complexity index is 4530. The number of rotatable bonds is 0. The van der Waals surface area contributed by atoms with Crippen LogP contribution in [0.1, 0.15) is 23.5 Å². The highest BCUT2D eigenvalue weighted by Crippen LogP contribution is 2.62. The first kappa shape index (κ1) is 25.9. The van der Waals surface area contributed by atoms with Crippen molar-refractivity contribution in [3.8, 4) is 0 Å². The average Bonchev–Trinajstić information content (AvgIpc) is 3.25. The fourth-order valence-electron chi connectivity index (χ4n) is 14.0. The molecule has 16 aromatic rings. The number of hydrogen-bond acceptors (Lipinski definition) is 0. The van der Waals surface area contributed by atoms with Gasteiger partial charge in [0.2, 0.25) is 0 Å². The molecule has 0 spiro atoms. The Morgan fingerprint density at radius 3 is 1.23 bits per heavy atom. The van der Waals surface area contributed by atoms with E-state index in [-0.39, 0.29) is 0 Å². The van der Waals surface area contributed by atoms with Crippen LogP contribution in [0.4, 0.5) is 0 Å². The molecule has 0 saturated carbocycles. The largest absolute Gasteiger partial charge is 0.0830 e. The zero-order chi connectivity index (χ0) is 35.2. The average molecular weight is 697 g/mol. The molecule has 0 nitrogen and oxygen atoms in total. The Morgan fingerprint density at radius 2 is 0.714 bits per heavy atom. The molecule has 56 heavy (non-hydrogen) atoms. The first-order chi connectivity index (χ1) is 27.8. The Kier molecular flexibility index (Phi) is 3.58. The predicted octanol–water partition coefficient (Wildman–Crippen LogP) is 15.1. The van der Waals surface area contributed by atoms with Gasteiger partial charge >= 0.3 is 0 Å². The van der Waals surface area contributed by atoms with E-state index < -0.39 is 0 Å². The SMILES string of the molecule is C1=Cc2c3c4c5c(cccc5c5ccc6c7ccc8c9cccc%10cc%11cccc%12c%13ccc%14c%15ccc2c2c%15c(c6c5c42)c2c%14c%13c(c8c72)c(c%11%12)c%109)=CC3C1. The number of hydrogen-bond donors (Lipinski definition) is 0. The molecule has 2 aliphatic rings. The van der Waals surface area contributed by atoms with Crippen LogP contribution in [0, 0.1) is 0 Å². The van der Waals surface area contributed by atoms with Gasteiger partial charge in [-0.15, -0.1) is 0 Å². The van der Waals surface area contributed by atoms with E-state index in [2.05, 4.69) is 127 Å². The van der Waals surface area contributed by atoms with Crippen molar-refractivity contribution >= 4 is 174 Å². The predicted molar refractivity (Wildman–Crippen MR) is 243 cm³/mol. The van der Waals surface area contributed by atoms with Gasteiger partial charge in [0.25, 0.3) is 0 Å². The molecule has 0 aliphatic heterocycles. The van der Waals surface area contributed by atoms with Gasteiger partial charge in [0, 0.05) is 5.92 Å². The highest BCUT2D eigenvalue weighted by atomic mass is 14.4. The van der Waals surface area contributed by atoms with Gasteiger partial charge in [0.05, 0.1) is 0 Å². The molecule has 248 valence electrons. The normalized spacial score (nSPS) is 16.4. The van der Waals surface area contributed by atoms with E-state index >= 15 is 0 Å². The van der Waals surface area contributed by atoms with Gasteiger partial charge in [-0.05, 0) is 190 Å². The van der Waals surface area contributed by atoms with Gasteiger partial charge in [-0.1, -0.05) is 121 Å². The van der Waals surface area contributed by atoms with Crippen LogP contribution in [-0.4, -0.2) is 0 Å². The molecule has 0 fully saturated rings. The van der Waals surface area contributed by atoms with Gasteiger partial charge in [-0.25, -0.2) is 0 Å². The van der Waals surface area contributed by atoms with Crippen molar-refractivity contribution in [2.45, 2.75) is 12.3 Å². The molecule has 0 amide bonds. The summed E-state index contributed by atoms with van der Waals surface area (Å²) in [5, 5.41) is 44.4. The molecule has 1 atom stereocenters.